The first-order chi connectivity index (χ1) is 8.18. The first-order valence-electron chi connectivity index (χ1n) is 7.30. The molecule has 2 unspecified atom stereocenters. The molecule has 17 heavy (non-hydrogen) atoms. The molecule has 98 valence electrons. The molecule has 0 bridgehead atoms. The predicted molar refractivity (Wildman–Crippen MR) is 70.9 cm³/mol. The van der Waals surface area contributed by atoms with Crippen LogP contribution in [0, 0.1) is 0 Å². The Hall–Kier alpha value is -0.370. The number of rotatable bonds is 3. The van der Waals surface area contributed by atoms with Gasteiger partial charge in [-0.3, -0.25) is 0 Å². The van der Waals surface area contributed by atoms with Gasteiger partial charge in [-0.2, -0.15) is 0 Å². The zero-order chi connectivity index (χ0) is 12.1. The minimum Gasteiger partial charge on any atom is -0.314 e. The molecule has 1 aliphatic heterocycles. The normalized spacial score (nSPS) is 30.2. The van der Waals surface area contributed by atoms with E-state index in [1.165, 1.54) is 32.1 Å². The van der Waals surface area contributed by atoms with E-state index in [0.717, 1.165) is 31.4 Å². The van der Waals surface area contributed by atoms with Crippen molar-refractivity contribution in [3.05, 3.63) is 11.6 Å². The second-order valence-corrected chi connectivity index (χ2v) is 5.88. The van der Waals surface area contributed by atoms with Gasteiger partial charge < -0.3 is 5.32 Å². The summed E-state index contributed by atoms with van der Waals surface area (Å²) >= 11 is 0. The molecule has 2 heteroatoms. The van der Waals surface area contributed by atoms with Crippen LogP contribution in [0.5, 0.6) is 0 Å². The first kappa shape index (κ1) is 13.1. The smallest absolute Gasteiger partial charge is 0.130 e. The summed E-state index contributed by atoms with van der Waals surface area (Å²) in [7, 11) is 0. The summed E-state index contributed by atoms with van der Waals surface area (Å²) in [5.41, 5.74) is -0.0123. The summed E-state index contributed by atoms with van der Waals surface area (Å²) in [5, 5.41) is 3.46. The second kappa shape index (κ2) is 5.99. The van der Waals surface area contributed by atoms with Crippen LogP contribution in [0.15, 0.2) is 11.6 Å². The minimum absolute atomic E-state index is 0.392. The fourth-order valence-electron chi connectivity index (χ4n) is 3.18. The molecule has 2 atom stereocenters. The average Bonchev–Trinajstić information content (AvgIpc) is 2.58. The number of allylic oxidation sites excluding steroid dienone is 2. The zero-order valence-electron chi connectivity index (χ0n) is 11.1. The molecule has 0 amide bonds. The molecule has 1 nitrogen and oxygen atoms in total. The quantitative estimate of drug-likeness (QED) is 0.730. The van der Waals surface area contributed by atoms with Gasteiger partial charge in [-0.1, -0.05) is 18.9 Å². The van der Waals surface area contributed by atoms with Crippen molar-refractivity contribution in [2.45, 2.75) is 76.4 Å². The summed E-state index contributed by atoms with van der Waals surface area (Å²) in [4.78, 5) is 0. The zero-order valence-corrected chi connectivity index (χ0v) is 11.1. The van der Waals surface area contributed by atoms with E-state index >= 15 is 0 Å². The third-order valence-electron chi connectivity index (χ3n) is 4.25. The van der Waals surface area contributed by atoms with E-state index in [-0.39, 0.29) is 0 Å². The van der Waals surface area contributed by atoms with Crippen molar-refractivity contribution >= 4 is 0 Å². The van der Waals surface area contributed by atoms with Gasteiger partial charge in [0.05, 0.1) is 0 Å². The van der Waals surface area contributed by atoms with Gasteiger partial charge in [0.2, 0.25) is 0 Å². The molecule has 0 aromatic rings. The van der Waals surface area contributed by atoms with Crippen molar-refractivity contribution in [2.24, 2.45) is 0 Å². The predicted octanol–water partition coefficient (Wildman–Crippen LogP) is 4.14. The molecule has 2 aliphatic rings. The van der Waals surface area contributed by atoms with Crippen LogP contribution in [-0.2, 0) is 0 Å². The summed E-state index contributed by atoms with van der Waals surface area (Å²) in [6.07, 6.45) is 12.2. The minimum atomic E-state index is -1.08. The van der Waals surface area contributed by atoms with Crippen LogP contribution < -0.4 is 5.32 Å². The average molecular weight is 239 g/mol. The summed E-state index contributed by atoms with van der Waals surface area (Å²) < 4.78 is 14.8. The van der Waals surface area contributed by atoms with Crippen LogP contribution in [0.25, 0.3) is 0 Å². The number of hydrogen-bond donors (Lipinski definition) is 1. The van der Waals surface area contributed by atoms with E-state index in [1.807, 2.05) is 0 Å². The number of hydrogen-bond acceptors (Lipinski definition) is 1. The second-order valence-electron chi connectivity index (χ2n) is 5.88. The lowest BCUT2D eigenvalue weighted by Gasteiger charge is -2.31. The van der Waals surface area contributed by atoms with E-state index in [1.54, 1.807) is 6.92 Å². The van der Waals surface area contributed by atoms with Gasteiger partial charge in [-0.05, 0) is 57.6 Å². The summed E-state index contributed by atoms with van der Waals surface area (Å²) in [5.74, 6) is 0. The van der Waals surface area contributed by atoms with Crippen molar-refractivity contribution in [2.75, 3.05) is 6.54 Å². The number of alkyl halides is 1. The van der Waals surface area contributed by atoms with Gasteiger partial charge in [0.1, 0.15) is 5.67 Å². The van der Waals surface area contributed by atoms with Crippen LogP contribution >= 0.6 is 0 Å². The van der Waals surface area contributed by atoms with E-state index in [2.05, 4.69) is 11.4 Å². The Morgan fingerprint density at radius 1 is 1.29 bits per heavy atom. The van der Waals surface area contributed by atoms with Gasteiger partial charge in [0.15, 0.2) is 0 Å². The van der Waals surface area contributed by atoms with Crippen LogP contribution in [0.2, 0.25) is 0 Å². The van der Waals surface area contributed by atoms with Gasteiger partial charge in [-0.25, -0.2) is 4.39 Å². The maximum Gasteiger partial charge on any atom is 0.130 e. The Morgan fingerprint density at radius 3 is 2.94 bits per heavy atom. The summed E-state index contributed by atoms with van der Waals surface area (Å²) in [6.45, 7) is 2.86. The van der Waals surface area contributed by atoms with Crippen LogP contribution in [0.1, 0.15) is 64.7 Å². The first-order valence-corrected chi connectivity index (χ1v) is 7.30. The van der Waals surface area contributed by atoms with Gasteiger partial charge in [0, 0.05) is 12.5 Å². The Kier molecular flexibility index (Phi) is 4.61. The highest BCUT2D eigenvalue weighted by Crippen LogP contribution is 2.34. The lowest BCUT2D eigenvalue weighted by molar-refractivity contribution is 0.181. The summed E-state index contributed by atoms with van der Waals surface area (Å²) in [6, 6.07) is 0.392. The molecule has 0 aromatic carbocycles. The van der Waals surface area contributed by atoms with Gasteiger partial charge in [-0.15, -0.1) is 0 Å². The molecule has 1 fully saturated rings. The fourth-order valence-corrected chi connectivity index (χ4v) is 3.18. The molecule has 1 heterocycles. The molecule has 1 saturated heterocycles. The maximum absolute atomic E-state index is 14.8. The number of halogens is 1. The monoisotopic (exact) mass is 239 g/mol. The maximum atomic E-state index is 14.8. The SMILES string of the molecule is CC(F)(CC1CCCCN1)C1=CCCCCC1. The topological polar surface area (TPSA) is 12.0 Å². The molecule has 1 N–H and O–H groups in total. The van der Waals surface area contributed by atoms with Crippen molar-refractivity contribution in [3.63, 3.8) is 0 Å². The highest BCUT2D eigenvalue weighted by atomic mass is 19.1. The van der Waals surface area contributed by atoms with Crippen LogP contribution in [0.4, 0.5) is 4.39 Å². The van der Waals surface area contributed by atoms with Crippen molar-refractivity contribution in [1.29, 1.82) is 0 Å². The van der Waals surface area contributed by atoms with E-state index in [0.29, 0.717) is 12.5 Å². The Morgan fingerprint density at radius 2 is 2.18 bits per heavy atom. The van der Waals surface area contributed by atoms with Gasteiger partial charge >= 0.3 is 0 Å². The van der Waals surface area contributed by atoms with Crippen molar-refractivity contribution in [3.8, 4) is 0 Å². The highest BCUT2D eigenvalue weighted by Gasteiger charge is 2.32. The number of piperidine rings is 1. The molecule has 0 aromatic heterocycles. The van der Waals surface area contributed by atoms with Crippen LogP contribution in [-0.4, -0.2) is 18.3 Å². The Bertz CT molecular complexity index is 264. The molecular formula is C15H26FN. The highest BCUT2D eigenvalue weighted by molar-refractivity contribution is 5.17. The molecule has 2 rings (SSSR count). The van der Waals surface area contributed by atoms with Crippen molar-refractivity contribution in [1.82, 2.24) is 5.32 Å². The molecule has 0 saturated carbocycles. The van der Waals surface area contributed by atoms with Crippen molar-refractivity contribution < 1.29 is 4.39 Å². The molecule has 0 radical (unpaired) electrons. The third-order valence-corrected chi connectivity index (χ3v) is 4.25. The third kappa shape index (κ3) is 3.80. The standard InChI is InChI=1S/C15H26FN/c1-15(16,12-14-10-6-7-11-17-14)13-8-4-2-3-5-9-13/h8,14,17H,2-7,9-12H2,1H3. The molecule has 1 aliphatic carbocycles. The Labute approximate surface area is 105 Å². The molecule has 0 spiro atoms. The largest absolute Gasteiger partial charge is 0.314 e. The van der Waals surface area contributed by atoms with E-state index in [9.17, 15) is 4.39 Å². The van der Waals surface area contributed by atoms with E-state index in [4.69, 9.17) is 0 Å². The van der Waals surface area contributed by atoms with Gasteiger partial charge in [0.25, 0.3) is 0 Å². The Balaban J connectivity index is 1.93. The fraction of sp³-hybridized carbons (Fsp3) is 0.867. The van der Waals surface area contributed by atoms with E-state index < -0.39 is 5.67 Å². The molecular weight excluding hydrogens is 213 g/mol. The lowest BCUT2D eigenvalue weighted by atomic mass is 9.85. The number of nitrogens with one attached hydrogen (secondary N) is 1. The van der Waals surface area contributed by atoms with Crippen LogP contribution in [0.3, 0.4) is 0 Å². The lowest BCUT2D eigenvalue weighted by Crippen LogP contribution is -2.39.